The van der Waals surface area contributed by atoms with Crippen molar-refractivity contribution in [2.45, 2.75) is 13.8 Å². The van der Waals surface area contributed by atoms with Crippen LogP contribution in [0.5, 0.6) is 0 Å². The van der Waals surface area contributed by atoms with E-state index in [1.54, 1.807) is 7.11 Å². The molecule has 0 amide bonds. The number of methoxy groups -OCH3 is 1. The maximum Gasteiger partial charge on any atom is 0.110 e. The van der Waals surface area contributed by atoms with Gasteiger partial charge in [-0.2, -0.15) is 10.5 Å². The monoisotopic (exact) mass is 291 g/mol. The summed E-state index contributed by atoms with van der Waals surface area (Å²) in [6.45, 7) is 3.66. The van der Waals surface area contributed by atoms with E-state index in [1.165, 1.54) is 0 Å². The highest BCUT2D eigenvalue weighted by Crippen LogP contribution is 2.35. The lowest BCUT2D eigenvalue weighted by molar-refractivity contribution is 0.267. The highest BCUT2D eigenvalue weighted by Gasteiger charge is 2.31. The van der Waals surface area contributed by atoms with Gasteiger partial charge < -0.3 is 10.1 Å². The molecule has 0 bridgehead atoms. The van der Waals surface area contributed by atoms with Crippen molar-refractivity contribution in [3.05, 3.63) is 64.2 Å². The van der Waals surface area contributed by atoms with Crippen LogP contribution in [0.3, 0.4) is 0 Å². The van der Waals surface area contributed by atoms with Crippen LogP contribution in [-0.2, 0) is 4.74 Å². The van der Waals surface area contributed by atoms with Crippen LogP contribution in [0.2, 0.25) is 0 Å². The smallest absolute Gasteiger partial charge is 0.110 e. The molecule has 1 aliphatic heterocycles. The van der Waals surface area contributed by atoms with Crippen LogP contribution in [-0.4, -0.2) is 7.11 Å². The van der Waals surface area contributed by atoms with Crippen LogP contribution in [0.1, 0.15) is 19.4 Å². The molecule has 0 spiro atoms. The molecular formula is C18H17N3O. The SMILES string of the molecule is COC(=Cc1ccccc1)C1C(C#N)=C(C)NC(C)=C1C#N. The van der Waals surface area contributed by atoms with Gasteiger partial charge in [0.05, 0.1) is 36.3 Å². The molecule has 4 heteroatoms. The lowest BCUT2D eigenvalue weighted by Crippen LogP contribution is -2.26. The first kappa shape index (κ1) is 15.4. The van der Waals surface area contributed by atoms with Crippen molar-refractivity contribution in [3.63, 3.8) is 0 Å². The molecule has 2 rings (SSSR count). The zero-order chi connectivity index (χ0) is 16.1. The topological polar surface area (TPSA) is 68.8 Å². The van der Waals surface area contributed by atoms with Gasteiger partial charge in [-0.1, -0.05) is 30.3 Å². The third-order valence-electron chi connectivity index (χ3n) is 3.63. The average molecular weight is 291 g/mol. The molecule has 0 radical (unpaired) electrons. The quantitative estimate of drug-likeness (QED) is 0.865. The fraction of sp³-hybridized carbons (Fsp3) is 0.222. The van der Waals surface area contributed by atoms with E-state index >= 15 is 0 Å². The zero-order valence-corrected chi connectivity index (χ0v) is 12.8. The third kappa shape index (κ3) is 2.87. The molecule has 0 fully saturated rings. The molecule has 0 unspecified atom stereocenters. The molecule has 0 saturated heterocycles. The molecule has 4 nitrogen and oxygen atoms in total. The molecule has 22 heavy (non-hydrogen) atoms. The summed E-state index contributed by atoms with van der Waals surface area (Å²) in [6.07, 6.45) is 1.87. The maximum atomic E-state index is 9.48. The second-order valence-corrected chi connectivity index (χ2v) is 5.02. The first-order chi connectivity index (χ1) is 10.6. The molecule has 110 valence electrons. The van der Waals surface area contributed by atoms with Gasteiger partial charge in [-0.25, -0.2) is 0 Å². The van der Waals surface area contributed by atoms with E-state index in [-0.39, 0.29) is 0 Å². The Morgan fingerprint density at radius 1 is 1.09 bits per heavy atom. The van der Waals surface area contributed by atoms with Crippen molar-refractivity contribution in [1.29, 1.82) is 10.5 Å². The number of nitrogens with zero attached hydrogens (tertiary/aromatic N) is 2. The van der Waals surface area contributed by atoms with E-state index in [0.29, 0.717) is 16.9 Å². The number of dihydropyridines is 1. The van der Waals surface area contributed by atoms with Crippen molar-refractivity contribution in [3.8, 4) is 12.1 Å². The van der Waals surface area contributed by atoms with E-state index < -0.39 is 5.92 Å². The zero-order valence-electron chi connectivity index (χ0n) is 12.8. The van der Waals surface area contributed by atoms with E-state index in [1.807, 2.05) is 50.3 Å². The summed E-state index contributed by atoms with van der Waals surface area (Å²) in [4.78, 5) is 0. The van der Waals surface area contributed by atoms with Crippen LogP contribution < -0.4 is 5.32 Å². The summed E-state index contributed by atoms with van der Waals surface area (Å²) in [5, 5.41) is 22.0. The van der Waals surface area contributed by atoms with Gasteiger partial charge in [0.2, 0.25) is 0 Å². The molecule has 0 atom stereocenters. The maximum absolute atomic E-state index is 9.48. The normalized spacial score (nSPS) is 16.0. The lowest BCUT2D eigenvalue weighted by atomic mass is 9.84. The van der Waals surface area contributed by atoms with Gasteiger partial charge in [-0.3, -0.25) is 0 Å². The van der Waals surface area contributed by atoms with Crippen LogP contribution in [0.15, 0.2) is 58.6 Å². The fourth-order valence-electron chi connectivity index (χ4n) is 2.55. The Labute approximate surface area is 130 Å². The molecule has 0 saturated carbocycles. The van der Waals surface area contributed by atoms with E-state index in [9.17, 15) is 10.5 Å². The summed E-state index contributed by atoms with van der Waals surface area (Å²) in [7, 11) is 1.56. The van der Waals surface area contributed by atoms with Crippen molar-refractivity contribution < 1.29 is 4.74 Å². The number of hydrogen-bond donors (Lipinski definition) is 1. The predicted octanol–water partition coefficient (Wildman–Crippen LogP) is 3.49. The number of nitriles is 2. The minimum absolute atomic E-state index is 0.471. The molecular weight excluding hydrogens is 274 g/mol. The average Bonchev–Trinajstić information content (AvgIpc) is 2.53. The Morgan fingerprint density at radius 2 is 1.64 bits per heavy atom. The number of ether oxygens (including phenoxy) is 1. The molecule has 1 aromatic rings. The molecule has 1 aliphatic rings. The standard InChI is InChI=1S/C18H17N3O/c1-12-15(10-19)18(16(11-20)13(2)21-12)17(22-3)9-14-7-5-4-6-8-14/h4-9,18,21H,1-3H3. The largest absolute Gasteiger partial charge is 0.500 e. The van der Waals surface area contributed by atoms with E-state index in [0.717, 1.165) is 17.0 Å². The Balaban J connectivity index is 2.58. The van der Waals surface area contributed by atoms with Gasteiger partial charge in [0.15, 0.2) is 0 Å². The van der Waals surface area contributed by atoms with Gasteiger partial charge in [0, 0.05) is 11.4 Å². The van der Waals surface area contributed by atoms with Crippen molar-refractivity contribution >= 4 is 6.08 Å². The van der Waals surface area contributed by atoms with E-state index in [4.69, 9.17) is 4.74 Å². The Bertz CT molecular complexity index is 707. The molecule has 0 aliphatic carbocycles. The number of rotatable bonds is 3. The molecule has 1 N–H and O–H groups in total. The first-order valence-electron chi connectivity index (χ1n) is 6.91. The van der Waals surface area contributed by atoms with Gasteiger partial charge >= 0.3 is 0 Å². The number of benzene rings is 1. The van der Waals surface area contributed by atoms with E-state index in [2.05, 4.69) is 17.5 Å². The second-order valence-electron chi connectivity index (χ2n) is 5.02. The molecule has 1 aromatic carbocycles. The highest BCUT2D eigenvalue weighted by molar-refractivity contribution is 5.59. The van der Waals surface area contributed by atoms with Gasteiger partial charge in [-0.15, -0.1) is 0 Å². The third-order valence-corrected chi connectivity index (χ3v) is 3.63. The summed E-state index contributed by atoms with van der Waals surface area (Å²) in [5.74, 6) is 0.112. The summed E-state index contributed by atoms with van der Waals surface area (Å²) in [6, 6.07) is 14.1. The number of allylic oxidation sites excluding steroid dienone is 3. The van der Waals surface area contributed by atoms with Crippen molar-refractivity contribution in [2.24, 2.45) is 5.92 Å². The van der Waals surface area contributed by atoms with Gasteiger partial charge in [0.1, 0.15) is 5.76 Å². The Kier molecular flexibility index (Phi) is 4.66. The summed E-state index contributed by atoms with van der Waals surface area (Å²) in [5.41, 5.74) is 3.47. The fourth-order valence-corrected chi connectivity index (χ4v) is 2.55. The summed E-state index contributed by atoms with van der Waals surface area (Å²) < 4.78 is 5.52. The Morgan fingerprint density at radius 3 is 2.09 bits per heavy atom. The number of hydrogen-bond acceptors (Lipinski definition) is 4. The molecule has 0 aromatic heterocycles. The first-order valence-corrected chi connectivity index (χ1v) is 6.91. The van der Waals surface area contributed by atoms with Gasteiger partial charge in [-0.05, 0) is 25.5 Å². The van der Waals surface area contributed by atoms with Crippen LogP contribution in [0.25, 0.3) is 6.08 Å². The lowest BCUT2D eigenvalue weighted by Gasteiger charge is -2.27. The highest BCUT2D eigenvalue weighted by atomic mass is 16.5. The predicted molar refractivity (Wildman–Crippen MR) is 84.7 cm³/mol. The summed E-state index contributed by atoms with van der Waals surface area (Å²) >= 11 is 0. The minimum atomic E-state index is -0.471. The minimum Gasteiger partial charge on any atom is -0.500 e. The number of nitrogens with one attached hydrogen (secondary N) is 1. The van der Waals surface area contributed by atoms with Crippen molar-refractivity contribution in [2.75, 3.05) is 7.11 Å². The van der Waals surface area contributed by atoms with Crippen LogP contribution in [0, 0.1) is 28.6 Å². The molecule has 1 heterocycles. The second kappa shape index (κ2) is 6.65. The van der Waals surface area contributed by atoms with Crippen LogP contribution in [0.4, 0.5) is 0 Å². The van der Waals surface area contributed by atoms with Crippen LogP contribution >= 0.6 is 0 Å². The Hall–Kier alpha value is -2.98. The van der Waals surface area contributed by atoms with Crippen molar-refractivity contribution in [1.82, 2.24) is 5.32 Å². The van der Waals surface area contributed by atoms with Gasteiger partial charge in [0.25, 0.3) is 0 Å².